The minimum atomic E-state index is -4.49. The van der Waals surface area contributed by atoms with Crippen LogP contribution in [0.4, 0.5) is 0 Å². The Labute approximate surface area is 103 Å². The van der Waals surface area contributed by atoms with Gasteiger partial charge in [-0.2, -0.15) is 16.8 Å². The number of rotatable bonds is 2. The second-order valence-electron chi connectivity index (χ2n) is 3.50. The quantitative estimate of drug-likeness (QED) is 0.801. The van der Waals surface area contributed by atoms with Crippen LogP contribution in [0.1, 0.15) is 0 Å². The fourth-order valence-corrected chi connectivity index (χ4v) is 2.73. The maximum absolute atomic E-state index is 11.1. The Morgan fingerprint density at radius 2 is 1.61 bits per heavy atom. The fourth-order valence-electron chi connectivity index (χ4n) is 1.54. The van der Waals surface area contributed by atoms with E-state index in [-0.39, 0.29) is 5.39 Å². The van der Waals surface area contributed by atoms with Crippen LogP contribution in [0, 0.1) is 6.07 Å². The predicted molar refractivity (Wildman–Crippen MR) is 62.4 cm³/mol. The zero-order chi connectivity index (χ0) is 13.6. The summed E-state index contributed by atoms with van der Waals surface area (Å²) in [6.07, 6.45) is 0. The lowest BCUT2D eigenvalue weighted by Crippen LogP contribution is -2.01. The van der Waals surface area contributed by atoms with Crippen molar-refractivity contribution in [1.82, 2.24) is 0 Å². The van der Waals surface area contributed by atoms with Crippen molar-refractivity contribution in [1.29, 1.82) is 0 Å². The molecule has 0 saturated heterocycles. The third kappa shape index (κ3) is 2.36. The molecule has 0 amide bonds. The summed E-state index contributed by atoms with van der Waals surface area (Å²) >= 11 is 0. The maximum Gasteiger partial charge on any atom is 0.295 e. The average molecular weight is 287 g/mol. The van der Waals surface area contributed by atoms with Gasteiger partial charge in [0.05, 0.1) is 4.90 Å². The zero-order valence-electron chi connectivity index (χ0n) is 8.73. The van der Waals surface area contributed by atoms with E-state index < -0.39 is 30.0 Å². The van der Waals surface area contributed by atoms with Crippen molar-refractivity contribution in [2.24, 2.45) is 0 Å². The molecule has 2 N–H and O–H groups in total. The lowest BCUT2D eigenvalue weighted by atomic mass is 10.1. The summed E-state index contributed by atoms with van der Waals surface area (Å²) in [5, 5.41) is 0.271. The van der Waals surface area contributed by atoms with Gasteiger partial charge in [0.25, 0.3) is 20.2 Å². The molecule has 0 bridgehead atoms. The van der Waals surface area contributed by atoms with Gasteiger partial charge in [0.2, 0.25) is 0 Å². The molecule has 95 valence electrons. The van der Waals surface area contributed by atoms with Gasteiger partial charge in [0.15, 0.2) is 0 Å². The van der Waals surface area contributed by atoms with E-state index in [4.69, 9.17) is 9.11 Å². The monoisotopic (exact) mass is 287 g/mol. The molecule has 2 aromatic carbocycles. The molecule has 6 nitrogen and oxygen atoms in total. The van der Waals surface area contributed by atoms with Gasteiger partial charge in [-0.1, -0.05) is 12.1 Å². The third-order valence-electron chi connectivity index (χ3n) is 2.31. The van der Waals surface area contributed by atoms with Crippen LogP contribution in [0.2, 0.25) is 0 Å². The molecule has 0 atom stereocenters. The summed E-state index contributed by atoms with van der Waals surface area (Å²) in [6.45, 7) is 0. The average Bonchev–Trinajstić information content (AvgIpc) is 2.25. The van der Waals surface area contributed by atoms with Crippen LogP contribution >= 0.6 is 0 Å². The topological polar surface area (TPSA) is 109 Å². The summed E-state index contributed by atoms with van der Waals surface area (Å²) in [7, 11) is -8.94. The Hall–Kier alpha value is -1.48. The van der Waals surface area contributed by atoms with Gasteiger partial charge in [-0.3, -0.25) is 9.11 Å². The Morgan fingerprint density at radius 1 is 0.944 bits per heavy atom. The number of fused-ring (bicyclic) bond motifs is 1. The molecule has 0 aromatic heterocycles. The number of hydrogen-bond acceptors (Lipinski definition) is 4. The predicted octanol–water partition coefficient (Wildman–Crippen LogP) is 1.13. The SMILES string of the molecule is O=S(=O)(O)c1ccc2[c]ccc(S(=O)(=O)O)c2c1. The number of hydrogen-bond donors (Lipinski definition) is 2. The minimum Gasteiger partial charge on any atom is -0.282 e. The number of benzene rings is 2. The van der Waals surface area contributed by atoms with Gasteiger partial charge in [0.1, 0.15) is 4.90 Å². The lowest BCUT2D eigenvalue weighted by molar-refractivity contribution is 0.480. The molecule has 0 unspecified atom stereocenters. The van der Waals surface area contributed by atoms with Gasteiger partial charge in [-0.05, 0) is 29.7 Å². The van der Waals surface area contributed by atoms with Crippen molar-refractivity contribution in [2.75, 3.05) is 0 Å². The molecular formula is C10H7O6S2. The van der Waals surface area contributed by atoms with E-state index >= 15 is 0 Å². The van der Waals surface area contributed by atoms with E-state index in [1.165, 1.54) is 12.1 Å². The third-order valence-corrected chi connectivity index (χ3v) is 4.07. The van der Waals surface area contributed by atoms with Crippen molar-refractivity contribution in [2.45, 2.75) is 9.79 Å². The highest BCUT2D eigenvalue weighted by Crippen LogP contribution is 2.25. The lowest BCUT2D eigenvalue weighted by Gasteiger charge is -2.04. The summed E-state index contributed by atoms with van der Waals surface area (Å²) in [6, 6.07) is 8.43. The largest absolute Gasteiger partial charge is 0.295 e. The molecule has 0 saturated carbocycles. The Balaban J connectivity index is 2.91. The van der Waals surface area contributed by atoms with Gasteiger partial charge in [-0.25, -0.2) is 0 Å². The Bertz CT molecular complexity index is 821. The van der Waals surface area contributed by atoms with Crippen LogP contribution in [0.25, 0.3) is 10.8 Å². The minimum absolute atomic E-state index is 0.0323. The van der Waals surface area contributed by atoms with E-state index in [1.54, 1.807) is 0 Å². The molecule has 2 rings (SSSR count). The highest BCUT2D eigenvalue weighted by Gasteiger charge is 2.16. The van der Waals surface area contributed by atoms with Crippen molar-refractivity contribution in [3.63, 3.8) is 0 Å². The fraction of sp³-hybridized carbons (Fsp3) is 0. The molecule has 2 aromatic rings. The molecule has 0 aliphatic heterocycles. The summed E-state index contributed by atoms with van der Waals surface area (Å²) < 4.78 is 62.1. The molecule has 18 heavy (non-hydrogen) atoms. The van der Waals surface area contributed by atoms with E-state index in [1.807, 2.05) is 0 Å². The molecule has 0 heterocycles. The maximum atomic E-state index is 11.1. The van der Waals surface area contributed by atoms with Crippen LogP contribution in [0.3, 0.4) is 0 Å². The molecule has 8 heteroatoms. The van der Waals surface area contributed by atoms with Crippen molar-refractivity contribution >= 4 is 31.0 Å². The first-order valence-corrected chi connectivity index (χ1v) is 7.47. The van der Waals surface area contributed by atoms with Crippen LogP contribution in [0.5, 0.6) is 0 Å². The van der Waals surface area contributed by atoms with Crippen LogP contribution < -0.4 is 0 Å². The molecule has 0 aliphatic rings. The van der Waals surface area contributed by atoms with E-state index in [2.05, 4.69) is 6.07 Å². The zero-order valence-corrected chi connectivity index (χ0v) is 10.4. The van der Waals surface area contributed by atoms with Gasteiger partial charge in [0, 0.05) is 5.39 Å². The second-order valence-corrected chi connectivity index (χ2v) is 6.31. The first-order chi connectivity index (χ1) is 8.19. The van der Waals surface area contributed by atoms with Crippen molar-refractivity contribution < 1.29 is 25.9 Å². The van der Waals surface area contributed by atoms with Gasteiger partial charge in [-0.15, -0.1) is 0 Å². The van der Waals surface area contributed by atoms with E-state index in [0.29, 0.717) is 5.39 Å². The smallest absolute Gasteiger partial charge is 0.282 e. The van der Waals surface area contributed by atoms with Crippen LogP contribution in [-0.4, -0.2) is 25.9 Å². The van der Waals surface area contributed by atoms with E-state index in [0.717, 1.165) is 18.2 Å². The van der Waals surface area contributed by atoms with Gasteiger partial charge < -0.3 is 0 Å². The van der Waals surface area contributed by atoms with Gasteiger partial charge >= 0.3 is 0 Å². The summed E-state index contributed by atoms with van der Waals surface area (Å²) in [5.41, 5.74) is 0. The Morgan fingerprint density at radius 3 is 2.17 bits per heavy atom. The molecule has 0 spiro atoms. The molecule has 0 fully saturated rings. The standard InChI is InChI=1S/C10H7O6S2/c11-17(12,13)8-5-4-7-2-1-3-10(9(7)6-8)18(14,15)16/h1,3-6H,(H,11,12,13)(H,14,15,16). The summed E-state index contributed by atoms with van der Waals surface area (Å²) in [4.78, 5) is -0.902. The second kappa shape index (κ2) is 4.02. The normalized spacial score (nSPS) is 12.8. The van der Waals surface area contributed by atoms with Crippen molar-refractivity contribution in [3.05, 3.63) is 36.4 Å². The summed E-state index contributed by atoms with van der Waals surface area (Å²) in [5.74, 6) is 0. The first-order valence-electron chi connectivity index (χ1n) is 4.59. The molecule has 0 aliphatic carbocycles. The van der Waals surface area contributed by atoms with E-state index in [9.17, 15) is 16.8 Å². The molecular weight excluding hydrogens is 280 g/mol. The first kappa shape index (κ1) is 13.0. The molecule has 1 radical (unpaired) electrons. The highest BCUT2D eigenvalue weighted by molar-refractivity contribution is 7.86. The van der Waals surface area contributed by atoms with Crippen LogP contribution in [-0.2, 0) is 20.2 Å². The van der Waals surface area contributed by atoms with Crippen LogP contribution in [0.15, 0.2) is 40.1 Å². The Kier molecular flexibility index (Phi) is 2.90. The highest BCUT2D eigenvalue weighted by atomic mass is 32.2. The van der Waals surface area contributed by atoms with Crippen molar-refractivity contribution in [3.8, 4) is 0 Å².